The summed E-state index contributed by atoms with van der Waals surface area (Å²) in [5, 5.41) is 11.4. The van der Waals surface area contributed by atoms with Gasteiger partial charge < -0.3 is 21.9 Å². The van der Waals surface area contributed by atoms with Gasteiger partial charge in [-0.05, 0) is 18.2 Å². The molecule has 0 aliphatic rings. The normalized spacial score (nSPS) is 9.60. The third-order valence-electron chi connectivity index (χ3n) is 1.75. The summed E-state index contributed by atoms with van der Waals surface area (Å²) in [4.78, 5) is 21.1. The van der Waals surface area contributed by atoms with Crippen molar-refractivity contribution in [2.75, 3.05) is 17.6 Å². The molecule has 80 valence electrons. The smallest absolute Gasteiger partial charge is 0.335 e. The van der Waals surface area contributed by atoms with Crippen LogP contribution in [0.25, 0.3) is 0 Å². The molecule has 0 saturated carbocycles. The molecule has 0 spiro atoms. The van der Waals surface area contributed by atoms with Gasteiger partial charge in [0.05, 0.1) is 23.5 Å². The number of carbonyl (C=O) groups excluding carboxylic acids is 1. The molecule has 15 heavy (non-hydrogen) atoms. The lowest BCUT2D eigenvalue weighted by Crippen LogP contribution is -2.22. The van der Waals surface area contributed by atoms with Gasteiger partial charge in [-0.2, -0.15) is 0 Å². The van der Waals surface area contributed by atoms with Gasteiger partial charge in [0.15, 0.2) is 0 Å². The fourth-order valence-corrected chi connectivity index (χ4v) is 1.04. The highest BCUT2D eigenvalue weighted by atomic mass is 16.4. The molecule has 0 aliphatic heterocycles. The molecule has 0 bridgehead atoms. The summed E-state index contributed by atoms with van der Waals surface area (Å²) in [6, 6.07) is 4.19. The van der Waals surface area contributed by atoms with Crippen molar-refractivity contribution < 1.29 is 14.7 Å². The van der Waals surface area contributed by atoms with E-state index in [1.165, 1.54) is 18.2 Å². The van der Waals surface area contributed by atoms with Crippen LogP contribution in [-0.2, 0) is 4.79 Å². The first-order valence-corrected chi connectivity index (χ1v) is 4.15. The summed E-state index contributed by atoms with van der Waals surface area (Å²) in [7, 11) is 0. The Morgan fingerprint density at radius 1 is 1.40 bits per heavy atom. The maximum absolute atomic E-state index is 10.6. The first-order chi connectivity index (χ1) is 7.00. The molecular formula is C9H11N3O3. The van der Waals surface area contributed by atoms with Gasteiger partial charge in [0.25, 0.3) is 0 Å². The number of carbonyl (C=O) groups is 2. The summed E-state index contributed by atoms with van der Waals surface area (Å²) in [5.74, 6) is -1.57. The number of primary amides is 1. The molecule has 1 rings (SSSR count). The van der Waals surface area contributed by atoms with Crippen LogP contribution >= 0.6 is 0 Å². The van der Waals surface area contributed by atoms with E-state index >= 15 is 0 Å². The minimum absolute atomic E-state index is 0.0450. The lowest BCUT2D eigenvalue weighted by Gasteiger charge is -2.07. The highest BCUT2D eigenvalue weighted by molar-refractivity contribution is 5.90. The van der Waals surface area contributed by atoms with Gasteiger partial charge in [0, 0.05) is 0 Å². The Kier molecular flexibility index (Phi) is 3.12. The SMILES string of the molecule is NC(=O)CNc1ccc(C(=O)O)cc1N. The van der Waals surface area contributed by atoms with Crippen molar-refractivity contribution in [2.45, 2.75) is 0 Å². The summed E-state index contributed by atoms with van der Waals surface area (Å²) < 4.78 is 0. The maximum Gasteiger partial charge on any atom is 0.335 e. The molecule has 6 heteroatoms. The van der Waals surface area contributed by atoms with Crippen molar-refractivity contribution in [3.8, 4) is 0 Å². The number of nitrogen functional groups attached to an aromatic ring is 1. The van der Waals surface area contributed by atoms with Crippen LogP contribution in [0.2, 0.25) is 0 Å². The summed E-state index contributed by atoms with van der Waals surface area (Å²) in [5.41, 5.74) is 11.3. The Bertz CT molecular complexity index is 404. The number of hydrogen-bond acceptors (Lipinski definition) is 4. The maximum atomic E-state index is 10.6. The molecular weight excluding hydrogens is 198 g/mol. The van der Waals surface area contributed by atoms with Crippen molar-refractivity contribution >= 4 is 23.3 Å². The molecule has 6 N–H and O–H groups in total. The second kappa shape index (κ2) is 4.32. The first kappa shape index (κ1) is 10.8. The molecule has 0 saturated heterocycles. The minimum atomic E-state index is -1.05. The van der Waals surface area contributed by atoms with Crippen LogP contribution in [0.1, 0.15) is 10.4 Å². The number of rotatable bonds is 4. The van der Waals surface area contributed by atoms with E-state index in [-0.39, 0.29) is 17.8 Å². The predicted molar refractivity (Wildman–Crippen MR) is 55.5 cm³/mol. The lowest BCUT2D eigenvalue weighted by molar-refractivity contribution is -0.116. The zero-order valence-corrected chi connectivity index (χ0v) is 7.86. The van der Waals surface area contributed by atoms with Gasteiger partial charge in [-0.3, -0.25) is 4.79 Å². The van der Waals surface area contributed by atoms with E-state index in [0.717, 1.165) is 0 Å². The first-order valence-electron chi connectivity index (χ1n) is 4.15. The topological polar surface area (TPSA) is 118 Å². The van der Waals surface area contributed by atoms with Gasteiger partial charge in [0.1, 0.15) is 0 Å². The second-order valence-electron chi connectivity index (χ2n) is 2.93. The third-order valence-corrected chi connectivity index (χ3v) is 1.75. The van der Waals surface area contributed by atoms with Gasteiger partial charge in [0.2, 0.25) is 5.91 Å². The molecule has 0 heterocycles. The molecule has 6 nitrogen and oxygen atoms in total. The molecule has 0 aliphatic carbocycles. The van der Waals surface area contributed by atoms with E-state index in [4.69, 9.17) is 16.6 Å². The molecule has 0 radical (unpaired) electrons. The number of aromatic carboxylic acids is 1. The molecule has 1 aromatic carbocycles. The average molecular weight is 209 g/mol. The fraction of sp³-hybridized carbons (Fsp3) is 0.111. The van der Waals surface area contributed by atoms with Crippen molar-refractivity contribution in [1.82, 2.24) is 0 Å². The lowest BCUT2D eigenvalue weighted by atomic mass is 10.2. The van der Waals surface area contributed by atoms with E-state index in [2.05, 4.69) is 5.32 Å². The number of amides is 1. The van der Waals surface area contributed by atoms with Gasteiger partial charge >= 0.3 is 5.97 Å². The van der Waals surface area contributed by atoms with Gasteiger partial charge in [-0.1, -0.05) is 0 Å². The quantitative estimate of drug-likeness (QED) is 0.515. The minimum Gasteiger partial charge on any atom is -0.478 e. The highest BCUT2D eigenvalue weighted by Gasteiger charge is 2.06. The summed E-state index contributed by atoms with van der Waals surface area (Å²) in [6.07, 6.45) is 0. The van der Waals surface area contributed by atoms with Crippen LogP contribution in [0.15, 0.2) is 18.2 Å². The number of nitrogens with two attached hydrogens (primary N) is 2. The van der Waals surface area contributed by atoms with E-state index in [0.29, 0.717) is 5.69 Å². The molecule has 0 atom stereocenters. The number of nitrogens with one attached hydrogen (secondary N) is 1. The van der Waals surface area contributed by atoms with Crippen LogP contribution in [0.3, 0.4) is 0 Å². The molecule has 0 fully saturated rings. The average Bonchev–Trinajstić information content (AvgIpc) is 2.15. The van der Waals surface area contributed by atoms with E-state index in [1.807, 2.05) is 0 Å². The zero-order valence-electron chi connectivity index (χ0n) is 7.86. The molecule has 0 aromatic heterocycles. The number of anilines is 2. The van der Waals surface area contributed by atoms with Crippen LogP contribution < -0.4 is 16.8 Å². The largest absolute Gasteiger partial charge is 0.478 e. The Labute approximate surface area is 85.9 Å². The number of carboxylic acid groups (broad SMARTS) is 1. The summed E-state index contributed by atoms with van der Waals surface area (Å²) in [6.45, 7) is -0.0450. The highest BCUT2D eigenvalue weighted by Crippen LogP contribution is 2.19. The standard InChI is InChI=1S/C9H11N3O3/c10-6-3-5(9(14)15)1-2-7(6)12-4-8(11)13/h1-3,12H,4,10H2,(H2,11,13)(H,14,15). The second-order valence-corrected chi connectivity index (χ2v) is 2.93. The van der Waals surface area contributed by atoms with Crippen LogP contribution in [0.5, 0.6) is 0 Å². The predicted octanol–water partition coefficient (Wildman–Crippen LogP) is -0.136. The van der Waals surface area contributed by atoms with Crippen molar-refractivity contribution in [3.05, 3.63) is 23.8 Å². The zero-order chi connectivity index (χ0) is 11.4. The Hall–Kier alpha value is -2.24. The Morgan fingerprint density at radius 2 is 2.07 bits per heavy atom. The number of benzene rings is 1. The number of hydrogen-bond donors (Lipinski definition) is 4. The van der Waals surface area contributed by atoms with E-state index in [1.54, 1.807) is 0 Å². The van der Waals surface area contributed by atoms with Crippen LogP contribution in [-0.4, -0.2) is 23.5 Å². The molecule has 1 aromatic rings. The molecule has 1 amide bonds. The van der Waals surface area contributed by atoms with Crippen molar-refractivity contribution in [3.63, 3.8) is 0 Å². The van der Waals surface area contributed by atoms with Crippen molar-refractivity contribution in [1.29, 1.82) is 0 Å². The van der Waals surface area contributed by atoms with Crippen LogP contribution in [0.4, 0.5) is 11.4 Å². The Balaban J connectivity index is 2.83. The summed E-state index contributed by atoms with van der Waals surface area (Å²) >= 11 is 0. The van der Waals surface area contributed by atoms with E-state index in [9.17, 15) is 9.59 Å². The Morgan fingerprint density at radius 3 is 2.53 bits per heavy atom. The van der Waals surface area contributed by atoms with Crippen LogP contribution in [0, 0.1) is 0 Å². The van der Waals surface area contributed by atoms with Gasteiger partial charge in [-0.25, -0.2) is 4.79 Å². The fourth-order valence-electron chi connectivity index (χ4n) is 1.04. The third kappa shape index (κ3) is 2.87. The van der Waals surface area contributed by atoms with E-state index < -0.39 is 11.9 Å². The number of carboxylic acids is 1. The van der Waals surface area contributed by atoms with Crippen molar-refractivity contribution in [2.24, 2.45) is 5.73 Å². The van der Waals surface area contributed by atoms with Gasteiger partial charge in [-0.15, -0.1) is 0 Å². The monoisotopic (exact) mass is 209 g/mol. The molecule has 0 unspecified atom stereocenters.